The molecule has 0 aliphatic carbocycles. The van der Waals surface area contributed by atoms with Gasteiger partial charge in [-0.2, -0.15) is 23.1 Å². The predicted octanol–water partition coefficient (Wildman–Crippen LogP) is 5.38. The van der Waals surface area contributed by atoms with Gasteiger partial charge in [-0.15, -0.1) is 0 Å². The van der Waals surface area contributed by atoms with Crippen LogP contribution in [0.3, 0.4) is 0 Å². The standard InChI is InChI=1S/C31H36F5N7O/c1-15-10-30(7-4-8-43(30)11-15)14-44-29-40-26-20(28(41-29)42-12-18-5-6-19(13-42)39-18)9-21(32)23(25(26)33)22-16(2)27(37)38-17(3)24(22)31(34,35)36/h9,15,18-19,39H,4-8,10-14H2,1-3H3,(H2,37,38)/t15-,18?,19?,30+/m1/s1. The number of nitrogens with two attached hydrogens (primary N) is 1. The van der Waals surface area contributed by atoms with E-state index in [4.69, 9.17) is 15.5 Å². The molecule has 44 heavy (non-hydrogen) atoms. The normalized spacial score (nSPS) is 27.0. The molecule has 1 aromatic carbocycles. The van der Waals surface area contributed by atoms with Crippen molar-refractivity contribution in [3.63, 3.8) is 0 Å². The predicted molar refractivity (Wildman–Crippen MR) is 157 cm³/mol. The van der Waals surface area contributed by atoms with E-state index in [1.165, 1.54) is 6.92 Å². The fourth-order valence-electron chi connectivity index (χ4n) is 8.16. The first kappa shape index (κ1) is 29.4. The van der Waals surface area contributed by atoms with Crippen LogP contribution in [0.2, 0.25) is 0 Å². The number of hydrogen-bond acceptors (Lipinski definition) is 8. The largest absolute Gasteiger partial charge is 0.461 e. The zero-order chi connectivity index (χ0) is 31.1. The molecule has 0 radical (unpaired) electrons. The van der Waals surface area contributed by atoms with Crippen molar-refractivity contribution in [2.75, 3.05) is 43.4 Å². The van der Waals surface area contributed by atoms with Gasteiger partial charge in [0.15, 0.2) is 5.82 Å². The van der Waals surface area contributed by atoms with E-state index in [0.717, 1.165) is 58.2 Å². The zero-order valence-corrected chi connectivity index (χ0v) is 25.0. The van der Waals surface area contributed by atoms with Crippen LogP contribution in [0.5, 0.6) is 6.01 Å². The first-order valence-corrected chi connectivity index (χ1v) is 15.3. The molecule has 2 aromatic heterocycles. The molecule has 2 unspecified atom stereocenters. The Balaban J connectivity index is 1.40. The lowest BCUT2D eigenvalue weighted by Gasteiger charge is -2.35. The summed E-state index contributed by atoms with van der Waals surface area (Å²) >= 11 is 0. The van der Waals surface area contributed by atoms with E-state index in [0.29, 0.717) is 31.4 Å². The minimum Gasteiger partial charge on any atom is -0.461 e. The van der Waals surface area contributed by atoms with Crippen molar-refractivity contribution in [3.8, 4) is 17.1 Å². The molecule has 2 bridgehead atoms. The minimum atomic E-state index is -4.94. The summed E-state index contributed by atoms with van der Waals surface area (Å²) in [7, 11) is 0. The molecule has 13 heteroatoms. The zero-order valence-electron chi connectivity index (χ0n) is 25.0. The number of alkyl halides is 3. The van der Waals surface area contributed by atoms with Gasteiger partial charge in [0.1, 0.15) is 29.6 Å². The number of aryl methyl sites for hydroxylation is 1. The Labute approximate surface area is 252 Å². The van der Waals surface area contributed by atoms with Crippen LogP contribution in [0.15, 0.2) is 6.07 Å². The highest BCUT2D eigenvalue weighted by Crippen LogP contribution is 2.46. The van der Waals surface area contributed by atoms with Crippen LogP contribution in [0.4, 0.5) is 33.6 Å². The molecule has 7 rings (SSSR count). The SMILES string of the molecule is Cc1nc(N)c(C)c(-c2c(F)cc3c(N4CC5CCC(C4)N5)nc(OC[C@@]45CCCN4C[C@H](C)C5)nc3c2F)c1C(F)(F)F. The molecule has 4 aliphatic rings. The fourth-order valence-corrected chi connectivity index (χ4v) is 8.16. The molecular weight excluding hydrogens is 581 g/mol. The lowest BCUT2D eigenvalue weighted by Crippen LogP contribution is -2.51. The second kappa shape index (κ2) is 10.4. The lowest BCUT2D eigenvalue weighted by atomic mass is 9.91. The third kappa shape index (κ3) is 4.74. The van der Waals surface area contributed by atoms with E-state index in [-0.39, 0.29) is 45.9 Å². The maximum absolute atomic E-state index is 16.7. The van der Waals surface area contributed by atoms with E-state index in [2.05, 4.69) is 27.1 Å². The Bertz CT molecular complexity index is 1640. The number of pyridine rings is 1. The van der Waals surface area contributed by atoms with Crippen molar-refractivity contribution in [3.05, 3.63) is 34.5 Å². The number of fused-ring (bicyclic) bond motifs is 4. The molecule has 0 spiro atoms. The van der Waals surface area contributed by atoms with Crippen LogP contribution >= 0.6 is 0 Å². The van der Waals surface area contributed by atoms with Gasteiger partial charge < -0.3 is 20.7 Å². The Morgan fingerprint density at radius 1 is 1.07 bits per heavy atom. The highest BCUT2D eigenvalue weighted by molar-refractivity contribution is 5.95. The number of hydrogen-bond donors (Lipinski definition) is 2. The number of rotatable bonds is 5. The quantitative estimate of drug-likeness (QED) is 0.369. The van der Waals surface area contributed by atoms with Gasteiger partial charge in [0.25, 0.3) is 0 Å². The topological polar surface area (TPSA) is 92.4 Å². The molecule has 3 N–H and O–H groups in total. The van der Waals surface area contributed by atoms with E-state index in [9.17, 15) is 13.2 Å². The molecule has 4 fully saturated rings. The summed E-state index contributed by atoms with van der Waals surface area (Å²) in [6.07, 6.45) is -0.0189. The monoisotopic (exact) mass is 617 g/mol. The fraction of sp³-hybridized carbons (Fsp3) is 0.581. The van der Waals surface area contributed by atoms with Crippen LogP contribution in [0, 0.1) is 31.4 Å². The van der Waals surface area contributed by atoms with Gasteiger partial charge in [0, 0.05) is 42.7 Å². The Kier molecular flexibility index (Phi) is 6.92. The Morgan fingerprint density at radius 3 is 2.50 bits per heavy atom. The molecule has 0 amide bonds. The maximum Gasteiger partial charge on any atom is 0.418 e. The van der Waals surface area contributed by atoms with Crippen LogP contribution in [-0.2, 0) is 6.18 Å². The third-order valence-electron chi connectivity index (χ3n) is 10.0. The number of halogens is 5. The van der Waals surface area contributed by atoms with E-state index >= 15 is 8.78 Å². The van der Waals surface area contributed by atoms with Gasteiger partial charge in [0.2, 0.25) is 0 Å². The maximum atomic E-state index is 16.7. The Hall–Kier alpha value is -3.32. The van der Waals surface area contributed by atoms with Gasteiger partial charge in [0.05, 0.1) is 22.4 Å². The van der Waals surface area contributed by atoms with Crippen LogP contribution in [-0.4, -0.2) is 70.3 Å². The van der Waals surface area contributed by atoms with Crippen LogP contribution in [0.25, 0.3) is 22.0 Å². The van der Waals surface area contributed by atoms with Gasteiger partial charge in [-0.05, 0) is 70.0 Å². The van der Waals surface area contributed by atoms with Gasteiger partial charge >= 0.3 is 12.2 Å². The highest BCUT2D eigenvalue weighted by atomic mass is 19.4. The minimum absolute atomic E-state index is 0.0752. The lowest BCUT2D eigenvalue weighted by molar-refractivity contribution is -0.137. The first-order chi connectivity index (χ1) is 20.8. The summed E-state index contributed by atoms with van der Waals surface area (Å²) in [5.41, 5.74) is 2.07. The van der Waals surface area contributed by atoms with Crippen molar-refractivity contribution in [1.29, 1.82) is 0 Å². The summed E-state index contributed by atoms with van der Waals surface area (Å²) in [6, 6.07) is 1.36. The number of anilines is 2. The van der Waals surface area contributed by atoms with Crippen LogP contribution in [0.1, 0.15) is 55.8 Å². The number of benzene rings is 1. The van der Waals surface area contributed by atoms with Gasteiger partial charge in [-0.25, -0.2) is 13.8 Å². The molecule has 4 aliphatic heterocycles. The molecule has 6 heterocycles. The van der Waals surface area contributed by atoms with E-state index in [1.54, 1.807) is 0 Å². The van der Waals surface area contributed by atoms with E-state index < -0.39 is 40.2 Å². The highest BCUT2D eigenvalue weighted by Gasteiger charge is 2.48. The molecular formula is C31H36F5N7O. The first-order valence-electron chi connectivity index (χ1n) is 15.3. The number of nitrogens with zero attached hydrogens (tertiary/aromatic N) is 5. The molecule has 4 atom stereocenters. The smallest absolute Gasteiger partial charge is 0.418 e. The van der Waals surface area contributed by atoms with Crippen molar-refractivity contribution in [1.82, 2.24) is 25.2 Å². The molecule has 236 valence electrons. The average molecular weight is 618 g/mol. The summed E-state index contributed by atoms with van der Waals surface area (Å²) in [5.74, 6) is -1.80. The number of nitrogens with one attached hydrogen (secondary N) is 1. The van der Waals surface area contributed by atoms with Crippen LogP contribution < -0.4 is 20.7 Å². The number of nitrogen functional groups attached to an aromatic ring is 1. The van der Waals surface area contributed by atoms with Gasteiger partial charge in [-0.3, -0.25) is 4.90 Å². The van der Waals surface area contributed by atoms with Crippen molar-refractivity contribution in [2.24, 2.45) is 5.92 Å². The van der Waals surface area contributed by atoms with E-state index in [1.807, 2.05) is 4.90 Å². The van der Waals surface area contributed by atoms with Gasteiger partial charge in [-0.1, -0.05) is 6.92 Å². The van der Waals surface area contributed by atoms with Crippen molar-refractivity contribution < 1.29 is 26.7 Å². The molecule has 0 saturated carbocycles. The van der Waals surface area contributed by atoms with Crippen molar-refractivity contribution in [2.45, 2.75) is 76.7 Å². The number of ether oxygens (including phenoxy) is 1. The molecule has 8 nitrogen and oxygen atoms in total. The number of aromatic nitrogens is 3. The third-order valence-corrected chi connectivity index (χ3v) is 10.0. The Morgan fingerprint density at radius 2 is 1.80 bits per heavy atom. The second-order valence-electron chi connectivity index (χ2n) is 13.1. The van der Waals surface area contributed by atoms with Crippen molar-refractivity contribution >= 4 is 22.5 Å². The summed E-state index contributed by atoms with van der Waals surface area (Å²) in [6.45, 7) is 8.01. The second-order valence-corrected chi connectivity index (χ2v) is 13.1. The molecule has 4 saturated heterocycles. The summed E-state index contributed by atoms with van der Waals surface area (Å²) in [4.78, 5) is 17.3. The molecule has 3 aromatic rings. The summed E-state index contributed by atoms with van der Waals surface area (Å²) < 4.78 is 81.9. The number of piperazine rings is 1. The average Bonchev–Trinajstić information content (AvgIpc) is 3.59. The summed E-state index contributed by atoms with van der Waals surface area (Å²) in [5, 5.41) is 3.62.